The molecule has 0 amide bonds. The molecule has 1 aromatic rings. The Morgan fingerprint density at radius 2 is 2.12 bits per heavy atom. The molecular formula is C12H17ClFNO. The van der Waals surface area contributed by atoms with Crippen molar-refractivity contribution in [1.82, 2.24) is 5.32 Å². The molecule has 0 aromatic heterocycles. The Balaban J connectivity index is 2.59. The van der Waals surface area contributed by atoms with Crippen LogP contribution in [0.3, 0.4) is 0 Å². The molecule has 0 fully saturated rings. The van der Waals surface area contributed by atoms with Gasteiger partial charge in [-0.2, -0.15) is 0 Å². The highest BCUT2D eigenvalue weighted by molar-refractivity contribution is 6.30. The van der Waals surface area contributed by atoms with Gasteiger partial charge in [-0.05, 0) is 30.5 Å². The van der Waals surface area contributed by atoms with E-state index in [1.54, 1.807) is 12.1 Å². The molecule has 0 radical (unpaired) electrons. The monoisotopic (exact) mass is 245 g/mol. The molecule has 90 valence electrons. The number of nitrogens with one attached hydrogen (secondary N) is 1. The lowest BCUT2D eigenvalue weighted by molar-refractivity contribution is 0.231. The molecule has 2 N–H and O–H groups in total. The van der Waals surface area contributed by atoms with Gasteiger partial charge in [0, 0.05) is 19.2 Å². The van der Waals surface area contributed by atoms with Crippen LogP contribution in [0.15, 0.2) is 18.2 Å². The summed E-state index contributed by atoms with van der Waals surface area (Å²) in [6.45, 7) is 4.74. The summed E-state index contributed by atoms with van der Waals surface area (Å²) in [5.41, 5.74) is 0.854. The first-order chi connectivity index (χ1) is 7.54. The molecule has 2 nitrogen and oxygen atoms in total. The van der Waals surface area contributed by atoms with E-state index in [0.29, 0.717) is 6.54 Å². The Bertz CT molecular complexity index is 346. The molecule has 2 unspecified atom stereocenters. The predicted octanol–water partition coefficient (Wildman–Crippen LogP) is 2.76. The molecule has 0 aliphatic heterocycles. The molecule has 16 heavy (non-hydrogen) atoms. The number of aliphatic hydroxyl groups excluding tert-OH is 1. The third kappa shape index (κ3) is 3.74. The first kappa shape index (κ1) is 13.4. The van der Waals surface area contributed by atoms with Gasteiger partial charge in [-0.1, -0.05) is 24.6 Å². The number of rotatable bonds is 5. The SMILES string of the molecule is CC(CO)CNC(C)c1ccc(Cl)c(F)c1. The molecule has 0 spiro atoms. The van der Waals surface area contributed by atoms with Crippen molar-refractivity contribution in [2.24, 2.45) is 5.92 Å². The van der Waals surface area contributed by atoms with Gasteiger partial charge in [-0.15, -0.1) is 0 Å². The molecular weight excluding hydrogens is 229 g/mol. The Morgan fingerprint density at radius 1 is 1.44 bits per heavy atom. The van der Waals surface area contributed by atoms with Gasteiger partial charge in [0.25, 0.3) is 0 Å². The lowest BCUT2D eigenvalue weighted by Crippen LogP contribution is -2.26. The maximum atomic E-state index is 13.2. The van der Waals surface area contributed by atoms with Crippen molar-refractivity contribution in [1.29, 1.82) is 0 Å². The zero-order chi connectivity index (χ0) is 12.1. The largest absolute Gasteiger partial charge is 0.396 e. The maximum absolute atomic E-state index is 13.2. The second-order valence-corrected chi connectivity index (χ2v) is 4.50. The maximum Gasteiger partial charge on any atom is 0.142 e. The number of hydrogen-bond acceptors (Lipinski definition) is 2. The van der Waals surface area contributed by atoms with Gasteiger partial charge < -0.3 is 10.4 Å². The molecule has 0 aliphatic carbocycles. The number of halogens is 2. The van der Waals surface area contributed by atoms with Gasteiger partial charge >= 0.3 is 0 Å². The highest BCUT2D eigenvalue weighted by Gasteiger charge is 2.09. The molecule has 0 heterocycles. The van der Waals surface area contributed by atoms with E-state index in [1.807, 2.05) is 13.8 Å². The highest BCUT2D eigenvalue weighted by Crippen LogP contribution is 2.20. The molecule has 4 heteroatoms. The van der Waals surface area contributed by atoms with E-state index in [0.717, 1.165) is 5.56 Å². The lowest BCUT2D eigenvalue weighted by Gasteiger charge is -2.17. The standard InChI is InChI=1S/C12H17ClFNO/c1-8(7-16)6-15-9(2)10-3-4-11(13)12(14)5-10/h3-5,8-9,15-16H,6-7H2,1-2H3. The van der Waals surface area contributed by atoms with Gasteiger partial charge in [-0.25, -0.2) is 4.39 Å². The molecule has 1 aromatic carbocycles. The smallest absolute Gasteiger partial charge is 0.142 e. The van der Waals surface area contributed by atoms with E-state index in [1.165, 1.54) is 6.07 Å². The minimum Gasteiger partial charge on any atom is -0.396 e. The van der Waals surface area contributed by atoms with Crippen LogP contribution >= 0.6 is 11.6 Å². The van der Waals surface area contributed by atoms with Crippen LogP contribution in [0.25, 0.3) is 0 Å². The fraction of sp³-hybridized carbons (Fsp3) is 0.500. The molecule has 2 atom stereocenters. The van der Waals surface area contributed by atoms with E-state index in [9.17, 15) is 4.39 Å². The average molecular weight is 246 g/mol. The van der Waals surface area contributed by atoms with E-state index in [-0.39, 0.29) is 23.6 Å². The Kier molecular flexibility index (Phi) is 5.19. The van der Waals surface area contributed by atoms with Gasteiger partial charge in [0.05, 0.1) is 5.02 Å². The minimum atomic E-state index is -0.400. The summed E-state index contributed by atoms with van der Waals surface area (Å²) in [5.74, 6) is -0.206. The zero-order valence-electron chi connectivity index (χ0n) is 9.50. The van der Waals surface area contributed by atoms with Crippen molar-refractivity contribution in [2.75, 3.05) is 13.2 Å². The van der Waals surface area contributed by atoms with Gasteiger partial charge in [0.2, 0.25) is 0 Å². The van der Waals surface area contributed by atoms with Crippen LogP contribution in [0.1, 0.15) is 25.5 Å². The normalized spacial score (nSPS) is 14.8. The van der Waals surface area contributed by atoms with Crippen molar-refractivity contribution in [3.05, 3.63) is 34.6 Å². The summed E-state index contributed by atoms with van der Waals surface area (Å²) in [7, 11) is 0. The first-order valence-corrected chi connectivity index (χ1v) is 5.71. The van der Waals surface area contributed by atoms with E-state index < -0.39 is 5.82 Å². The summed E-state index contributed by atoms with van der Waals surface area (Å²) < 4.78 is 13.2. The van der Waals surface area contributed by atoms with E-state index >= 15 is 0 Å². The Labute approximate surface area is 100 Å². The van der Waals surface area contributed by atoms with Gasteiger partial charge in [0.1, 0.15) is 5.82 Å². The molecule has 0 aliphatic rings. The van der Waals surface area contributed by atoms with Crippen LogP contribution < -0.4 is 5.32 Å². The zero-order valence-corrected chi connectivity index (χ0v) is 10.3. The molecule has 0 saturated heterocycles. The van der Waals surface area contributed by atoms with Gasteiger partial charge in [0.15, 0.2) is 0 Å². The molecule has 0 saturated carbocycles. The van der Waals surface area contributed by atoms with Gasteiger partial charge in [-0.3, -0.25) is 0 Å². The third-order valence-electron chi connectivity index (χ3n) is 2.53. The fourth-order valence-corrected chi connectivity index (χ4v) is 1.46. The molecule has 0 bridgehead atoms. The third-order valence-corrected chi connectivity index (χ3v) is 2.83. The fourth-order valence-electron chi connectivity index (χ4n) is 1.34. The van der Waals surface area contributed by atoms with E-state index in [4.69, 9.17) is 16.7 Å². The first-order valence-electron chi connectivity index (χ1n) is 5.33. The van der Waals surface area contributed by atoms with Crippen LogP contribution in [-0.2, 0) is 0 Å². The minimum absolute atomic E-state index is 0.0424. The summed E-state index contributed by atoms with van der Waals surface area (Å²) in [4.78, 5) is 0. The predicted molar refractivity (Wildman–Crippen MR) is 64.1 cm³/mol. The van der Waals surface area contributed by atoms with Crippen molar-refractivity contribution < 1.29 is 9.50 Å². The topological polar surface area (TPSA) is 32.3 Å². The van der Waals surface area contributed by atoms with Crippen LogP contribution in [0, 0.1) is 11.7 Å². The number of aliphatic hydroxyl groups is 1. The van der Waals surface area contributed by atoms with Crippen molar-refractivity contribution >= 4 is 11.6 Å². The van der Waals surface area contributed by atoms with E-state index in [2.05, 4.69) is 5.32 Å². The summed E-state index contributed by atoms with van der Waals surface area (Å²) >= 11 is 5.61. The van der Waals surface area contributed by atoms with Crippen molar-refractivity contribution in [2.45, 2.75) is 19.9 Å². The summed E-state index contributed by atoms with van der Waals surface area (Å²) in [6, 6.07) is 4.83. The molecule has 1 rings (SSSR count). The van der Waals surface area contributed by atoms with Crippen LogP contribution in [0.5, 0.6) is 0 Å². The quantitative estimate of drug-likeness (QED) is 0.836. The van der Waals surface area contributed by atoms with Crippen LogP contribution in [-0.4, -0.2) is 18.3 Å². The average Bonchev–Trinajstić information content (AvgIpc) is 2.29. The summed E-state index contributed by atoms with van der Waals surface area (Å²) in [6.07, 6.45) is 0. The second-order valence-electron chi connectivity index (χ2n) is 4.09. The number of hydrogen-bond donors (Lipinski definition) is 2. The van der Waals surface area contributed by atoms with Crippen molar-refractivity contribution in [3.8, 4) is 0 Å². The second kappa shape index (κ2) is 6.18. The van der Waals surface area contributed by atoms with Crippen molar-refractivity contribution in [3.63, 3.8) is 0 Å². The summed E-state index contributed by atoms with van der Waals surface area (Å²) in [5, 5.41) is 12.2. The highest BCUT2D eigenvalue weighted by atomic mass is 35.5. The Morgan fingerprint density at radius 3 is 2.69 bits per heavy atom. The Hall–Kier alpha value is -0.640. The number of benzene rings is 1. The lowest BCUT2D eigenvalue weighted by atomic mass is 10.1. The van der Waals surface area contributed by atoms with Crippen LogP contribution in [0.2, 0.25) is 5.02 Å². The van der Waals surface area contributed by atoms with Crippen LogP contribution in [0.4, 0.5) is 4.39 Å².